The summed E-state index contributed by atoms with van der Waals surface area (Å²) in [5, 5.41) is 76.3. The SMILES string of the molecule is Cc1c(NOC2OC(CO)C(O)C(O)C2O)cc([NH+]([O-])O)cc1[NH+]([O-])O. The monoisotopic (exact) mass is 379 g/mol. The van der Waals surface area contributed by atoms with E-state index in [2.05, 4.69) is 5.48 Å². The van der Waals surface area contributed by atoms with Gasteiger partial charge in [-0.05, 0) is 6.92 Å². The van der Waals surface area contributed by atoms with Crippen LogP contribution in [0.5, 0.6) is 0 Å². The molecule has 9 N–H and O–H groups in total. The molecule has 0 radical (unpaired) electrons. The van der Waals surface area contributed by atoms with Crippen molar-refractivity contribution in [3.8, 4) is 0 Å². The number of benzene rings is 1. The van der Waals surface area contributed by atoms with Crippen molar-refractivity contribution < 1.29 is 50.9 Å². The molecule has 13 nitrogen and oxygen atoms in total. The van der Waals surface area contributed by atoms with Crippen LogP contribution < -0.4 is 15.9 Å². The van der Waals surface area contributed by atoms with E-state index in [0.717, 1.165) is 12.1 Å². The van der Waals surface area contributed by atoms with Crippen LogP contribution in [-0.4, -0.2) is 68.2 Å². The summed E-state index contributed by atoms with van der Waals surface area (Å²) >= 11 is 0. The third-order valence-electron chi connectivity index (χ3n) is 4.02. The first-order valence-corrected chi connectivity index (χ1v) is 7.50. The number of rotatable bonds is 6. The van der Waals surface area contributed by atoms with Crippen LogP contribution in [0.25, 0.3) is 0 Å². The van der Waals surface area contributed by atoms with E-state index in [9.17, 15) is 30.9 Å². The molecule has 7 unspecified atom stereocenters. The lowest BCUT2D eigenvalue weighted by atomic mass is 9.99. The zero-order valence-electron chi connectivity index (χ0n) is 13.6. The van der Waals surface area contributed by atoms with Crippen molar-refractivity contribution in [3.63, 3.8) is 0 Å². The van der Waals surface area contributed by atoms with Crippen molar-refractivity contribution >= 4 is 17.1 Å². The summed E-state index contributed by atoms with van der Waals surface area (Å²) < 4.78 is 5.12. The molecule has 0 aromatic heterocycles. The topological polar surface area (TPSA) is 207 Å². The number of aliphatic hydroxyl groups is 4. The van der Waals surface area contributed by atoms with Gasteiger partial charge in [-0.3, -0.25) is 5.48 Å². The third kappa shape index (κ3) is 4.26. The van der Waals surface area contributed by atoms with Gasteiger partial charge in [-0.15, -0.1) is 0 Å². The van der Waals surface area contributed by atoms with Gasteiger partial charge in [0.1, 0.15) is 24.4 Å². The summed E-state index contributed by atoms with van der Waals surface area (Å²) in [6.07, 6.45) is -7.62. The van der Waals surface area contributed by atoms with Crippen LogP contribution in [0.4, 0.5) is 17.1 Å². The summed E-state index contributed by atoms with van der Waals surface area (Å²) in [6, 6.07) is 2.10. The number of nitrogens with one attached hydrogen (secondary N) is 3. The first kappa shape index (κ1) is 20.8. The van der Waals surface area contributed by atoms with Crippen LogP contribution >= 0.6 is 0 Å². The van der Waals surface area contributed by atoms with Crippen LogP contribution in [0.2, 0.25) is 0 Å². The summed E-state index contributed by atoms with van der Waals surface area (Å²) in [5.74, 6) is 0. The van der Waals surface area contributed by atoms with E-state index in [1.54, 1.807) is 0 Å². The predicted molar refractivity (Wildman–Crippen MR) is 81.2 cm³/mol. The highest BCUT2D eigenvalue weighted by Crippen LogP contribution is 2.27. The molecule has 2 rings (SSSR count). The number of aliphatic hydroxyl groups excluding tert-OH is 4. The van der Waals surface area contributed by atoms with Gasteiger partial charge in [0.2, 0.25) is 6.29 Å². The van der Waals surface area contributed by atoms with Crippen LogP contribution in [-0.2, 0) is 9.57 Å². The van der Waals surface area contributed by atoms with Gasteiger partial charge in [0, 0.05) is 11.6 Å². The third-order valence-corrected chi connectivity index (χ3v) is 4.02. The van der Waals surface area contributed by atoms with Gasteiger partial charge < -0.3 is 35.6 Å². The highest BCUT2D eigenvalue weighted by atomic mass is 16.8. The Kier molecular flexibility index (Phi) is 6.80. The smallest absolute Gasteiger partial charge is 0.212 e. The molecule has 1 aliphatic heterocycles. The number of hydrogen-bond donors (Lipinski definition) is 9. The van der Waals surface area contributed by atoms with Gasteiger partial charge in [0.25, 0.3) is 0 Å². The highest BCUT2D eigenvalue weighted by molar-refractivity contribution is 5.64. The van der Waals surface area contributed by atoms with E-state index >= 15 is 0 Å². The number of ether oxygens (including phenoxy) is 1. The van der Waals surface area contributed by atoms with Gasteiger partial charge in [0.05, 0.1) is 18.4 Å². The molecule has 1 saturated heterocycles. The fraction of sp³-hybridized carbons (Fsp3) is 0.538. The van der Waals surface area contributed by atoms with E-state index in [1.165, 1.54) is 6.92 Å². The minimum Gasteiger partial charge on any atom is -0.595 e. The molecule has 7 atom stereocenters. The molecule has 1 aromatic rings. The van der Waals surface area contributed by atoms with Crippen LogP contribution in [0.15, 0.2) is 12.1 Å². The minimum atomic E-state index is -1.68. The van der Waals surface area contributed by atoms with Crippen molar-refractivity contribution in [2.24, 2.45) is 0 Å². The van der Waals surface area contributed by atoms with Gasteiger partial charge in [-0.2, -0.15) is 10.5 Å². The average Bonchev–Trinajstić information content (AvgIpc) is 2.59. The molecule has 1 aromatic carbocycles. The Morgan fingerprint density at radius 1 is 1.12 bits per heavy atom. The first-order valence-electron chi connectivity index (χ1n) is 7.50. The maximum atomic E-state index is 11.3. The maximum absolute atomic E-state index is 11.3. The summed E-state index contributed by atoms with van der Waals surface area (Å²) in [4.78, 5) is 5.09. The molecule has 26 heavy (non-hydrogen) atoms. The molecule has 0 amide bonds. The molecular weight excluding hydrogens is 358 g/mol. The van der Waals surface area contributed by atoms with E-state index in [1.807, 2.05) is 0 Å². The molecule has 148 valence electrons. The van der Waals surface area contributed by atoms with Crippen LogP contribution in [0, 0.1) is 17.3 Å². The second-order valence-electron chi connectivity index (χ2n) is 5.72. The van der Waals surface area contributed by atoms with Crippen molar-refractivity contribution in [3.05, 3.63) is 28.1 Å². The molecular formula is C13H21N3O10. The van der Waals surface area contributed by atoms with Gasteiger partial charge in [-0.25, -0.2) is 15.3 Å². The van der Waals surface area contributed by atoms with Gasteiger partial charge >= 0.3 is 0 Å². The fourth-order valence-corrected chi connectivity index (χ4v) is 2.45. The number of anilines is 1. The van der Waals surface area contributed by atoms with Crippen LogP contribution in [0.1, 0.15) is 5.56 Å². The lowest BCUT2D eigenvalue weighted by Gasteiger charge is -2.39. The Bertz CT molecular complexity index is 614. The van der Waals surface area contributed by atoms with Crippen molar-refractivity contribution in [2.45, 2.75) is 37.6 Å². The Morgan fingerprint density at radius 2 is 1.77 bits per heavy atom. The zero-order valence-corrected chi connectivity index (χ0v) is 13.6. The van der Waals surface area contributed by atoms with Gasteiger partial charge in [0.15, 0.2) is 11.4 Å². The summed E-state index contributed by atoms with van der Waals surface area (Å²) in [6.45, 7) is 0.759. The first-order chi connectivity index (χ1) is 12.2. The molecule has 1 aliphatic rings. The van der Waals surface area contributed by atoms with E-state index in [0.29, 0.717) is 0 Å². The molecule has 0 spiro atoms. The Morgan fingerprint density at radius 3 is 2.31 bits per heavy atom. The number of quaternary nitrogens is 2. The normalized spacial score (nSPS) is 31.5. The van der Waals surface area contributed by atoms with E-state index < -0.39 is 47.8 Å². The van der Waals surface area contributed by atoms with E-state index in [-0.39, 0.29) is 22.6 Å². The molecule has 0 saturated carbocycles. The highest BCUT2D eigenvalue weighted by Gasteiger charge is 2.44. The lowest BCUT2D eigenvalue weighted by Crippen LogP contribution is -3.01. The Hall–Kier alpha value is -1.46. The lowest BCUT2D eigenvalue weighted by molar-refractivity contribution is -0.996. The zero-order chi connectivity index (χ0) is 19.6. The molecule has 1 heterocycles. The molecule has 1 fully saturated rings. The van der Waals surface area contributed by atoms with Gasteiger partial charge in [-0.1, -0.05) is 0 Å². The predicted octanol–water partition coefficient (Wildman–Crippen LogP) is -4.05. The molecule has 0 bridgehead atoms. The summed E-state index contributed by atoms with van der Waals surface area (Å²) in [7, 11) is 0. The molecule has 0 aliphatic carbocycles. The Balaban J connectivity index is 2.20. The van der Waals surface area contributed by atoms with Crippen molar-refractivity contribution in [1.82, 2.24) is 0 Å². The second-order valence-corrected chi connectivity index (χ2v) is 5.72. The van der Waals surface area contributed by atoms with Crippen LogP contribution in [0.3, 0.4) is 0 Å². The average molecular weight is 379 g/mol. The quantitative estimate of drug-likeness (QED) is 0.217. The molecule has 13 heteroatoms. The standard InChI is InChI=1S/C13H21N3O10/c1-5-7(2-6(15(21)22)3-8(5)16(23)24)14-26-13-12(20)11(19)10(18)9(4-17)25-13/h2-3,9-21,23H,4H2,1H3. The minimum absolute atomic E-state index is 0.0146. The Labute approximate surface area is 146 Å². The van der Waals surface area contributed by atoms with Crippen molar-refractivity contribution in [1.29, 1.82) is 0 Å². The van der Waals surface area contributed by atoms with E-state index in [4.69, 9.17) is 19.9 Å². The fourth-order valence-electron chi connectivity index (χ4n) is 2.45. The summed E-state index contributed by atoms with van der Waals surface area (Å²) in [5.41, 5.74) is 1.86. The number of hydrogen-bond acceptors (Lipinski definition) is 11. The van der Waals surface area contributed by atoms with Crippen molar-refractivity contribution in [2.75, 3.05) is 12.1 Å². The largest absolute Gasteiger partial charge is 0.595 e. The maximum Gasteiger partial charge on any atom is 0.212 e. The second kappa shape index (κ2) is 8.49.